The molecular weight excluding hydrogens is 514 g/mol. The third kappa shape index (κ3) is 5.69. The van der Waals surface area contributed by atoms with Gasteiger partial charge >= 0.3 is 0 Å². The van der Waals surface area contributed by atoms with E-state index in [1.807, 2.05) is 6.92 Å². The molecular formula is C23H22ClN3O6S2. The van der Waals surface area contributed by atoms with E-state index < -0.39 is 32.1 Å². The minimum absolute atomic E-state index is 0.0130. The van der Waals surface area contributed by atoms with E-state index >= 15 is 0 Å². The Balaban J connectivity index is 1.48. The average molecular weight is 536 g/mol. The van der Waals surface area contributed by atoms with Gasteiger partial charge in [0.2, 0.25) is 10.0 Å². The number of halogens is 1. The first kappa shape index (κ1) is 24.8. The molecule has 3 aromatic rings. The van der Waals surface area contributed by atoms with Crippen LogP contribution in [0, 0.1) is 6.92 Å². The largest absolute Gasteiger partial charge is 0.476 e. The molecule has 12 heteroatoms. The van der Waals surface area contributed by atoms with Gasteiger partial charge in [-0.05, 0) is 61.5 Å². The minimum Gasteiger partial charge on any atom is -0.476 e. The summed E-state index contributed by atoms with van der Waals surface area (Å²) in [6, 6.07) is 17.0. The van der Waals surface area contributed by atoms with E-state index in [-0.39, 0.29) is 22.9 Å². The Morgan fingerprint density at radius 3 is 2.23 bits per heavy atom. The fourth-order valence-corrected chi connectivity index (χ4v) is 5.58. The molecule has 184 valence electrons. The zero-order chi connectivity index (χ0) is 25.4. The number of fused-ring (bicyclic) bond motifs is 1. The predicted octanol–water partition coefficient (Wildman–Crippen LogP) is 3.61. The van der Waals surface area contributed by atoms with Crippen LogP contribution < -0.4 is 19.1 Å². The number of hydrogen-bond donors (Lipinski definition) is 2. The summed E-state index contributed by atoms with van der Waals surface area (Å²) in [5.74, 6) is -0.387. The van der Waals surface area contributed by atoms with Crippen LogP contribution in [-0.2, 0) is 24.8 Å². The molecule has 0 radical (unpaired) electrons. The molecule has 1 aliphatic heterocycles. The first-order valence-electron chi connectivity index (χ1n) is 10.4. The van der Waals surface area contributed by atoms with Crippen LogP contribution in [0.2, 0.25) is 5.02 Å². The monoisotopic (exact) mass is 535 g/mol. The molecule has 0 spiro atoms. The summed E-state index contributed by atoms with van der Waals surface area (Å²) < 4.78 is 59.2. The minimum atomic E-state index is -3.82. The molecule has 3 aromatic carbocycles. The summed E-state index contributed by atoms with van der Waals surface area (Å²) in [6.45, 7) is 1.65. The highest BCUT2D eigenvalue weighted by Gasteiger charge is 2.35. The number of amides is 1. The molecule has 1 amide bonds. The number of nitrogens with zero attached hydrogens (tertiary/aromatic N) is 1. The van der Waals surface area contributed by atoms with Gasteiger partial charge in [0.25, 0.3) is 15.9 Å². The van der Waals surface area contributed by atoms with Crippen molar-refractivity contribution >= 4 is 54.6 Å². The van der Waals surface area contributed by atoms with E-state index in [1.165, 1.54) is 42.5 Å². The number of sulfonamides is 2. The number of carbonyl (C=O) groups is 1. The van der Waals surface area contributed by atoms with Crippen molar-refractivity contribution in [1.82, 2.24) is 0 Å². The van der Waals surface area contributed by atoms with Crippen molar-refractivity contribution in [3.05, 3.63) is 77.3 Å². The SMILES string of the molecule is Cc1ccc(NS(=O)(=O)c2ccc(NC(=O)[C@H]3CN(S(C)(=O)=O)c4cc(Cl)ccc4O3)cc2)cc1. The van der Waals surface area contributed by atoms with E-state index in [9.17, 15) is 21.6 Å². The molecule has 2 N–H and O–H groups in total. The van der Waals surface area contributed by atoms with Crippen molar-refractivity contribution in [3.8, 4) is 5.75 Å². The number of hydrogen-bond acceptors (Lipinski definition) is 6. The third-order valence-electron chi connectivity index (χ3n) is 5.22. The highest BCUT2D eigenvalue weighted by atomic mass is 35.5. The van der Waals surface area contributed by atoms with Crippen LogP contribution in [0.5, 0.6) is 5.75 Å². The maximum absolute atomic E-state index is 12.9. The van der Waals surface area contributed by atoms with Gasteiger partial charge in [-0.25, -0.2) is 16.8 Å². The molecule has 0 saturated carbocycles. The van der Waals surface area contributed by atoms with Crippen LogP contribution >= 0.6 is 11.6 Å². The van der Waals surface area contributed by atoms with Crippen molar-refractivity contribution in [1.29, 1.82) is 0 Å². The van der Waals surface area contributed by atoms with Gasteiger partial charge in [-0.15, -0.1) is 0 Å². The lowest BCUT2D eigenvalue weighted by Crippen LogP contribution is -2.48. The second kappa shape index (κ2) is 9.40. The number of carbonyl (C=O) groups excluding carboxylic acids is 1. The van der Waals surface area contributed by atoms with Gasteiger partial charge in [0.15, 0.2) is 6.10 Å². The van der Waals surface area contributed by atoms with Crippen molar-refractivity contribution in [2.45, 2.75) is 17.9 Å². The molecule has 0 saturated heterocycles. The van der Waals surface area contributed by atoms with Crippen molar-refractivity contribution in [3.63, 3.8) is 0 Å². The first-order valence-corrected chi connectivity index (χ1v) is 14.1. The average Bonchev–Trinajstić information content (AvgIpc) is 2.79. The molecule has 0 unspecified atom stereocenters. The van der Waals surface area contributed by atoms with Gasteiger partial charge < -0.3 is 10.1 Å². The van der Waals surface area contributed by atoms with E-state index in [0.717, 1.165) is 16.1 Å². The summed E-state index contributed by atoms with van der Waals surface area (Å²) >= 11 is 5.99. The van der Waals surface area contributed by atoms with E-state index in [1.54, 1.807) is 24.3 Å². The fraction of sp³-hybridized carbons (Fsp3) is 0.174. The van der Waals surface area contributed by atoms with Crippen LogP contribution in [0.1, 0.15) is 5.56 Å². The van der Waals surface area contributed by atoms with Gasteiger partial charge in [-0.3, -0.25) is 13.8 Å². The number of nitrogens with one attached hydrogen (secondary N) is 2. The standard InChI is InChI=1S/C23H22ClN3O6S2/c1-15-3-6-18(7-4-15)26-35(31,32)19-10-8-17(9-11-19)25-23(28)22-14-27(34(2,29)30)20-13-16(24)5-12-21(20)33-22/h3-13,22,26H,14H2,1-2H3,(H,25,28)/t22-/m1/s1. The second-order valence-corrected chi connectivity index (χ2v) is 12.0. The van der Waals surface area contributed by atoms with Gasteiger partial charge in [0, 0.05) is 16.4 Å². The second-order valence-electron chi connectivity index (χ2n) is 8.00. The lowest BCUT2D eigenvalue weighted by Gasteiger charge is -2.34. The molecule has 0 aromatic heterocycles. The molecule has 1 atom stereocenters. The summed E-state index contributed by atoms with van der Waals surface area (Å²) in [4.78, 5) is 12.9. The molecule has 0 fully saturated rings. The van der Waals surface area contributed by atoms with Crippen LogP contribution in [0.3, 0.4) is 0 Å². The van der Waals surface area contributed by atoms with Gasteiger partial charge in [0.05, 0.1) is 23.4 Å². The van der Waals surface area contributed by atoms with Crippen LogP contribution in [-0.4, -0.2) is 41.6 Å². The highest BCUT2D eigenvalue weighted by Crippen LogP contribution is 2.37. The zero-order valence-electron chi connectivity index (χ0n) is 18.7. The summed E-state index contributed by atoms with van der Waals surface area (Å²) in [5.41, 5.74) is 2.00. The van der Waals surface area contributed by atoms with Crippen molar-refractivity contribution in [2.75, 3.05) is 27.1 Å². The fourth-order valence-electron chi connectivity index (χ4n) is 3.45. The van der Waals surface area contributed by atoms with E-state index in [2.05, 4.69) is 10.0 Å². The van der Waals surface area contributed by atoms with E-state index in [0.29, 0.717) is 16.4 Å². The van der Waals surface area contributed by atoms with Gasteiger partial charge in [-0.2, -0.15) is 0 Å². The normalized spacial score (nSPS) is 15.6. The lowest BCUT2D eigenvalue weighted by molar-refractivity contribution is -0.122. The quantitative estimate of drug-likeness (QED) is 0.497. The Morgan fingerprint density at radius 1 is 0.971 bits per heavy atom. The van der Waals surface area contributed by atoms with Crippen LogP contribution in [0.15, 0.2) is 71.6 Å². The Bertz CT molecular complexity index is 1470. The Labute approximate surface area is 208 Å². The van der Waals surface area contributed by atoms with Crippen LogP contribution in [0.25, 0.3) is 0 Å². The number of aryl methyl sites for hydroxylation is 1. The van der Waals surface area contributed by atoms with Crippen molar-refractivity contribution in [2.24, 2.45) is 0 Å². The number of ether oxygens (including phenoxy) is 1. The maximum atomic E-state index is 12.9. The number of anilines is 3. The molecule has 35 heavy (non-hydrogen) atoms. The lowest BCUT2D eigenvalue weighted by atomic mass is 10.2. The van der Waals surface area contributed by atoms with Gasteiger partial charge in [0.1, 0.15) is 5.75 Å². The molecule has 9 nitrogen and oxygen atoms in total. The number of rotatable bonds is 6. The third-order valence-corrected chi connectivity index (χ3v) is 8.00. The van der Waals surface area contributed by atoms with Gasteiger partial charge in [-0.1, -0.05) is 29.3 Å². The summed E-state index contributed by atoms with van der Waals surface area (Å²) in [7, 11) is -7.53. The Morgan fingerprint density at radius 2 is 1.60 bits per heavy atom. The molecule has 1 heterocycles. The molecule has 1 aliphatic rings. The van der Waals surface area contributed by atoms with Crippen LogP contribution in [0.4, 0.5) is 17.1 Å². The molecule has 0 bridgehead atoms. The first-order chi connectivity index (χ1) is 16.4. The zero-order valence-corrected chi connectivity index (χ0v) is 21.1. The number of benzene rings is 3. The topological polar surface area (TPSA) is 122 Å². The summed E-state index contributed by atoms with van der Waals surface area (Å²) in [6.07, 6.45) is -0.105. The molecule has 0 aliphatic carbocycles. The predicted molar refractivity (Wildman–Crippen MR) is 135 cm³/mol. The maximum Gasteiger partial charge on any atom is 0.267 e. The Hall–Kier alpha value is -3.28. The smallest absolute Gasteiger partial charge is 0.267 e. The van der Waals surface area contributed by atoms with E-state index in [4.69, 9.17) is 16.3 Å². The van der Waals surface area contributed by atoms with Crippen molar-refractivity contribution < 1.29 is 26.4 Å². The summed E-state index contributed by atoms with van der Waals surface area (Å²) in [5, 5.41) is 2.96. The molecule has 4 rings (SSSR count). The Kier molecular flexibility index (Phi) is 6.67. The highest BCUT2D eigenvalue weighted by molar-refractivity contribution is 7.92.